The summed E-state index contributed by atoms with van der Waals surface area (Å²) in [6, 6.07) is 16.2. The Balaban J connectivity index is 1.57. The van der Waals surface area contributed by atoms with Crippen molar-refractivity contribution in [2.24, 2.45) is 0 Å². The van der Waals surface area contributed by atoms with Crippen molar-refractivity contribution in [1.82, 2.24) is 10.3 Å². The number of aromatic nitrogens is 1. The summed E-state index contributed by atoms with van der Waals surface area (Å²) in [7, 11) is 4.00. The van der Waals surface area contributed by atoms with Crippen LogP contribution in [0, 0.1) is 10.1 Å². The van der Waals surface area contributed by atoms with Gasteiger partial charge in [0.15, 0.2) is 0 Å². The van der Waals surface area contributed by atoms with Gasteiger partial charge >= 0.3 is 0 Å². The molecule has 1 aromatic heterocycles. The Hall–Kier alpha value is -3.94. The molecule has 0 spiro atoms. The van der Waals surface area contributed by atoms with Gasteiger partial charge in [0.05, 0.1) is 10.4 Å². The van der Waals surface area contributed by atoms with E-state index in [1.807, 2.05) is 38.4 Å². The van der Waals surface area contributed by atoms with Crippen molar-refractivity contribution in [2.45, 2.75) is 37.8 Å². The Morgan fingerprint density at radius 3 is 2.59 bits per heavy atom. The van der Waals surface area contributed by atoms with Crippen LogP contribution in [0.2, 0.25) is 0 Å². The number of fused-ring (bicyclic) bond motifs is 1. The molecule has 0 radical (unpaired) electrons. The van der Waals surface area contributed by atoms with E-state index in [-0.39, 0.29) is 11.6 Å². The van der Waals surface area contributed by atoms with Crippen molar-refractivity contribution in [3.05, 3.63) is 76.4 Å². The molecule has 8 heteroatoms. The van der Waals surface area contributed by atoms with Gasteiger partial charge in [0.2, 0.25) is 5.91 Å². The Labute approximate surface area is 198 Å². The molecule has 1 heterocycles. The number of para-hydroxylation sites is 1. The Kier molecular flexibility index (Phi) is 6.77. The van der Waals surface area contributed by atoms with Crippen LogP contribution in [-0.4, -0.2) is 35.6 Å². The summed E-state index contributed by atoms with van der Waals surface area (Å²) in [5, 5.41) is 18.8. The highest BCUT2D eigenvalue weighted by atomic mass is 16.6. The minimum atomic E-state index is -0.610. The fourth-order valence-corrected chi connectivity index (χ4v) is 4.46. The predicted molar refractivity (Wildman–Crippen MR) is 136 cm³/mol. The molecule has 1 aliphatic rings. The lowest BCUT2D eigenvalue weighted by atomic mass is 9.88. The number of nitrogens with zero attached hydrogens (tertiary/aromatic N) is 3. The number of benzene rings is 2. The first-order chi connectivity index (χ1) is 16.3. The van der Waals surface area contributed by atoms with E-state index in [9.17, 15) is 14.9 Å². The third-order valence-corrected chi connectivity index (χ3v) is 6.12. The van der Waals surface area contributed by atoms with Gasteiger partial charge in [-0.05, 0) is 43.4 Å². The molecule has 0 bridgehead atoms. The first-order valence-electron chi connectivity index (χ1n) is 11.5. The van der Waals surface area contributed by atoms with Crippen LogP contribution in [0.5, 0.6) is 0 Å². The number of hydrogen-bond donors (Lipinski definition) is 2. The molecule has 1 fully saturated rings. The van der Waals surface area contributed by atoms with Crippen molar-refractivity contribution in [3.63, 3.8) is 0 Å². The second kappa shape index (κ2) is 9.91. The second-order valence-corrected chi connectivity index (χ2v) is 8.88. The van der Waals surface area contributed by atoms with E-state index < -0.39 is 10.6 Å². The molecular weight excluding hydrogens is 430 g/mol. The van der Waals surface area contributed by atoms with Gasteiger partial charge in [0.25, 0.3) is 5.69 Å². The van der Waals surface area contributed by atoms with E-state index in [0.29, 0.717) is 11.4 Å². The van der Waals surface area contributed by atoms with Gasteiger partial charge in [-0.15, -0.1) is 0 Å². The normalized spacial score (nSPS) is 15.2. The molecule has 34 heavy (non-hydrogen) atoms. The Morgan fingerprint density at radius 1 is 1.09 bits per heavy atom. The van der Waals surface area contributed by atoms with Crippen molar-refractivity contribution in [1.29, 1.82) is 0 Å². The number of pyridine rings is 1. The minimum absolute atomic E-state index is 0.00736. The van der Waals surface area contributed by atoms with E-state index in [2.05, 4.69) is 21.6 Å². The number of anilines is 2. The SMILES string of the molecule is CN(C)c1cc(NC2(NC(=O)/C=C\c3cccc([N+](=O)[O-])c3)CCCCC2)nc2ccccc12. The lowest BCUT2D eigenvalue weighted by molar-refractivity contribution is -0.384. The molecule has 0 atom stereocenters. The molecular formula is C26H29N5O3. The zero-order valence-electron chi connectivity index (χ0n) is 19.5. The predicted octanol–water partition coefficient (Wildman–Crippen LogP) is 5.11. The maximum atomic E-state index is 12.9. The standard InChI is InChI=1S/C26H29N5O3/c1-30(2)23-18-24(27-22-12-5-4-11-21(22)23)28-26(15-6-3-7-16-26)29-25(32)14-13-19-9-8-10-20(17-19)31(33)34/h4-5,8-14,17-18H,3,6-7,15-16H2,1-2H3,(H,27,28)(H,29,32)/b14-13-. The van der Waals surface area contributed by atoms with Crippen molar-refractivity contribution in [2.75, 3.05) is 24.3 Å². The van der Waals surface area contributed by atoms with E-state index >= 15 is 0 Å². The number of carbonyl (C=O) groups excluding carboxylic acids is 1. The van der Waals surface area contributed by atoms with Gasteiger partial charge in [-0.1, -0.05) is 36.8 Å². The molecule has 2 N–H and O–H groups in total. The summed E-state index contributed by atoms with van der Waals surface area (Å²) in [4.78, 5) is 30.3. The van der Waals surface area contributed by atoms with Crippen LogP contribution < -0.4 is 15.5 Å². The third kappa shape index (κ3) is 5.33. The lowest BCUT2D eigenvalue weighted by Crippen LogP contribution is -2.55. The maximum Gasteiger partial charge on any atom is 0.270 e. The Morgan fingerprint density at radius 2 is 1.85 bits per heavy atom. The number of hydrogen-bond acceptors (Lipinski definition) is 6. The second-order valence-electron chi connectivity index (χ2n) is 8.88. The third-order valence-electron chi connectivity index (χ3n) is 6.12. The van der Waals surface area contributed by atoms with Crippen LogP contribution in [0.3, 0.4) is 0 Å². The van der Waals surface area contributed by atoms with Crippen LogP contribution in [-0.2, 0) is 4.79 Å². The zero-order chi connectivity index (χ0) is 24.1. The van der Waals surface area contributed by atoms with Gasteiger partial charge in [-0.2, -0.15) is 0 Å². The van der Waals surface area contributed by atoms with E-state index in [0.717, 1.165) is 48.7 Å². The topological polar surface area (TPSA) is 100 Å². The van der Waals surface area contributed by atoms with Crippen LogP contribution in [0.15, 0.2) is 60.7 Å². The molecule has 3 aromatic rings. The van der Waals surface area contributed by atoms with Crippen LogP contribution in [0.25, 0.3) is 17.0 Å². The summed E-state index contributed by atoms with van der Waals surface area (Å²) in [5.41, 5.74) is 1.92. The lowest BCUT2D eigenvalue weighted by Gasteiger charge is -2.39. The monoisotopic (exact) mass is 459 g/mol. The highest BCUT2D eigenvalue weighted by Gasteiger charge is 2.33. The summed E-state index contributed by atoms with van der Waals surface area (Å²) < 4.78 is 0. The number of carbonyl (C=O) groups is 1. The van der Waals surface area contributed by atoms with Crippen molar-refractivity contribution >= 4 is 40.1 Å². The van der Waals surface area contributed by atoms with Gasteiger partial charge in [-0.3, -0.25) is 14.9 Å². The molecule has 0 unspecified atom stereocenters. The molecule has 1 aliphatic carbocycles. The van der Waals surface area contributed by atoms with Crippen LogP contribution in [0.1, 0.15) is 37.7 Å². The fourth-order valence-electron chi connectivity index (χ4n) is 4.46. The van der Waals surface area contributed by atoms with Crippen molar-refractivity contribution < 1.29 is 9.72 Å². The molecule has 0 saturated heterocycles. The summed E-state index contributed by atoms with van der Waals surface area (Å²) in [5.74, 6) is 0.460. The van der Waals surface area contributed by atoms with E-state index in [1.165, 1.54) is 18.2 Å². The smallest absolute Gasteiger partial charge is 0.270 e. The first kappa shape index (κ1) is 23.2. The number of nitrogens with one attached hydrogen (secondary N) is 2. The van der Waals surface area contributed by atoms with Gasteiger partial charge in [0, 0.05) is 49.4 Å². The largest absolute Gasteiger partial charge is 0.377 e. The van der Waals surface area contributed by atoms with Crippen LogP contribution >= 0.6 is 0 Å². The molecule has 2 aromatic carbocycles. The minimum Gasteiger partial charge on any atom is -0.377 e. The number of amides is 1. The number of nitro benzene ring substituents is 1. The highest BCUT2D eigenvalue weighted by Crippen LogP contribution is 2.33. The average molecular weight is 460 g/mol. The molecule has 0 aliphatic heterocycles. The number of nitro groups is 1. The van der Waals surface area contributed by atoms with Gasteiger partial charge < -0.3 is 15.5 Å². The number of rotatable bonds is 7. The van der Waals surface area contributed by atoms with Gasteiger partial charge in [0.1, 0.15) is 11.5 Å². The highest BCUT2D eigenvalue weighted by molar-refractivity contribution is 5.94. The average Bonchev–Trinajstić information content (AvgIpc) is 2.83. The van der Waals surface area contributed by atoms with Crippen molar-refractivity contribution in [3.8, 4) is 0 Å². The van der Waals surface area contributed by atoms with Crippen LogP contribution in [0.4, 0.5) is 17.2 Å². The number of non-ortho nitro benzene ring substituents is 1. The molecule has 8 nitrogen and oxygen atoms in total. The quantitative estimate of drug-likeness (QED) is 0.220. The van der Waals surface area contributed by atoms with Gasteiger partial charge in [-0.25, -0.2) is 4.98 Å². The van der Waals surface area contributed by atoms with E-state index in [4.69, 9.17) is 4.98 Å². The molecule has 1 amide bonds. The maximum absolute atomic E-state index is 12.9. The summed E-state index contributed by atoms with van der Waals surface area (Å²) in [6.07, 6.45) is 7.71. The first-order valence-corrected chi connectivity index (χ1v) is 11.5. The molecule has 4 rings (SSSR count). The molecule has 176 valence electrons. The Bertz CT molecular complexity index is 1230. The zero-order valence-corrected chi connectivity index (χ0v) is 19.5. The van der Waals surface area contributed by atoms with E-state index in [1.54, 1.807) is 18.2 Å². The summed E-state index contributed by atoms with van der Waals surface area (Å²) in [6.45, 7) is 0. The fraction of sp³-hybridized carbons (Fsp3) is 0.308. The molecule has 1 saturated carbocycles. The summed E-state index contributed by atoms with van der Waals surface area (Å²) >= 11 is 0.